The SMILES string of the molecule is Cc1nnc(NCC2CCOC2c2ccccc2)s1. The first kappa shape index (κ1) is 12.6. The van der Waals surface area contributed by atoms with E-state index in [2.05, 4.69) is 39.8 Å². The summed E-state index contributed by atoms with van der Waals surface area (Å²) < 4.78 is 5.87. The molecule has 1 aliphatic rings. The molecular weight excluding hydrogens is 258 g/mol. The third kappa shape index (κ3) is 2.93. The monoisotopic (exact) mass is 275 g/mol. The molecule has 2 atom stereocenters. The Morgan fingerprint density at radius 3 is 2.89 bits per heavy atom. The summed E-state index contributed by atoms with van der Waals surface area (Å²) in [6, 6.07) is 10.4. The minimum absolute atomic E-state index is 0.197. The van der Waals surface area contributed by atoms with Crippen LogP contribution in [0.15, 0.2) is 30.3 Å². The van der Waals surface area contributed by atoms with Crippen LogP contribution in [0.3, 0.4) is 0 Å². The molecule has 1 N–H and O–H groups in total. The molecule has 0 bridgehead atoms. The van der Waals surface area contributed by atoms with Crippen LogP contribution >= 0.6 is 11.3 Å². The molecule has 2 heterocycles. The molecule has 3 rings (SSSR count). The average molecular weight is 275 g/mol. The average Bonchev–Trinajstić information content (AvgIpc) is 3.06. The molecule has 4 nitrogen and oxygen atoms in total. The Kier molecular flexibility index (Phi) is 3.75. The second kappa shape index (κ2) is 5.67. The van der Waals surface area contributed by atoms with Crippen molar-refractivity contribution in [3.05, 3.63) is 40.9 Å². The molecule has 1 aliphatic heterocycles. The van der Waals surface area contributed by atoms with Crippen LogP contribution in [0.25, 0.3) is 0 Å². The lowest BCUT2D eigenvalue weighted by Crippen LogP contribution is -2.17. The van der Waals surface area contributed by atoms with E-state index in [1.165, 1.54) is 5.56 Å². The highest BCUT2D eigenvalue weighted by atomic mass is 32.1. The molecule has 5 heteroatoms. The fourth-order valence-electron chi connectivity index (χ4n) is 2.44. The van der Waals surface area contributed by atoms with Crippen molar-refractivity contribution in [1.29, 1.82) is 0 Å². The number of aryl methyl sites for hydroxylation is 1. The van der Waals surface area contributed by atoms with E-state index in [1.807, 2.05) is 13.0 Å². The highest BCUT2D eigenvalue weighted by Crippen LogP contribution is 2.34. The smallest absolute Gasteiger partial charge is 0.205 e. The zero-order chi connectivity index (χ0) is 13.1. The number of rotatable bonds is 4. The summed E-state index contributed by atoms with van der Waals surface area (Å²) >= 11 is 1.59. The van der Waals surface area contributed by atoms with Gasteiger partial charge in [-0.1, -0.05) is 41.7 Å². The number of anilines is 1. The number of aromatic nitrogens is 2. The summed E-state index contributed by atoms with van der Waals surface area (Å²) in [5.41, 5.74) is 1.26. The molecule has 1 aromatic heterocycles. The number of hydrogen-bond donors (Lipinski definition) is 1. The summed E-state index contributed by atoms with van der Waals surface area (Å²) in [5.74, 6) is 0.492. The molecular formula is C14H17N3OS. The maximum atomic E-state index is 5.87. The zero-order valence-corrected chi connectivity index (χ0v) is 11.7. The third-order valence-corrected chi connectivity index (χ3v) is 4.18. The van der Waals surface area contributed by atoms with Gasteiger partial charge in [-0.25, -0.2) is 0 Å². The lowest BCUT2D eigenvalue weighted by Gasteiger charge is -2.18. The van der Waals surface area contributed by atoms with Crippen molar-refractivity contribution >= 4 is 16.5 Å². The normalized spacial score (nSPS) is 22.6. The van der Waals surface area contributed by atoms with E-state index < -0.39 is 0 Å². The van der Waals surface area contributed by atoms with Crippen LogP contribution in [-0.4, -0.2) is 23.3 Å². The first-order valence-electron chi connectivity index (χ1n) is 6.53. The van der Waals surface area contributed by atoms with Crippen LogP contribution in [0, 0.1) is 12.8 Å². The Bertz CT molecular complexity index is 528. The van der Waals surface area contributed by atoms with Gasteiger partial charge in [-0.05, 0) is 18.9 Å². The predicted octanol–water partition coefficient (Wildman–Crippen LogP) is 3.04. The van der Waals surface area contributed by atoms with Crippen LogP contribution in [0.1, 0.15) is 23.1 Å². The summed E-state index contributed by atoms with van der Waals surface area (Å²) in [4.78, 5) is 0. The molecule has 100 valence electrons. The molecule has 2 aromatic rings. The van der Waals surface area contributed by atoms with Crippen LogP contribution in [-0.2, 0) is 4.74 Å². The predicted molar refractivity (Wildman–Crippen MR) is 76.4 cm³/mol. The Labute approximate surface area is 116 Å². The van der Waals surface area contributed by atoms with Gasteiger partial charge >= 0.3 is 0 Å². The Morgan fingerprint density at radius 2 is 2.16 bits per heavy atom. The lowest BCUT2D eigenvalue weighted by molar-refractivity contribution is 0.0933. The molecule has 0 radical (unpaired) electrons. The summed E-state index contributed by atoms with van der Waals surface area (Å²) in [5, 5.41) is 13.4. The maximum absolute atomic E-state index is 5.87. The Balaban J connectivity index is 1.64. The van der Waals surface area contributed by atoms with Gasteiger partial charge in [-0.15, -0.1) is 10.2 Å². The van der Waals surface area contributed by atoms with E-state index in [9.17, 15) is 0 Å². The van der Waals surface area contributed by atoms with Gasteiger partial charge in [0.25, 0.3) is 0 Å². The third-order valence-electron chi connectivity index (χ3n) is 3.38. The number of hydrogen-bond acceptors (Lipinski definition) is 5. The van der Waals surface area contributed by atoms with Crippen molar-refractivity contribution in [3.8, 4) is 0 Å². The molecule has 1 fully saturated rings. The van der Waals surface area contributed by atoms with Gasteiger partial charge < -0.3 is 10.1 Å². The molecule has 0 aliphatic carbocycles. The van der Waals surface area contributed by atoms with Crippen molar-refractivity contribution in [2.24, 2.45) is 5.92 Å². The van der Waals surface area contributed by atoms with Crippen molar-refractivity contribution in [2.75, 3.05) is 18.5 Å². The first-order valence-corrected chi connectivity index (χ1v) is 7.35. The van der Waals surface area contributed by atoms with E-state index in [1.54, 1.807) is 11.3 Å². The Hall–Kier alpha value is -1.46. The molecule has 1 aromatic carbocycles. The van der Waals surface area contributed by atoms with E-state index >= 15 is 0 Å². The number of benzene rings is 1. The van der Waals surface area contributed by atoms with E-state index in [4.69, 9.17) is 4.74 Å². The highest BCUT2D eigenvalue weighted by molar-refractivity contribution is 7.15. The van der Waals surface area contributed by atoms with E-state index in [0.717, 1.165) is 29.7 Å². The molecule has 0 saturated carbocycles. The van der Waals surface area contributed by atoms with Gasteiger partial charge in [0.1, 0.15) is 5.01 Å². The number of nitrogens with one attached hydrogen (secondary N) is 1. The standard InChI is InChI=1S/C14H17N3OS/c1-10-16-17-14(19-10)15-9-12-7-8-18-13(12)11-5-3-2-4-6-11/h2-6,12-13H,7-9H2,1H3,(H,15,17). The van der Waals surface area contributed by atoms with Gasteiger partial charge in [-0.3, -0.25) is 0 Å². The quantitative estimate of drug-likeness (QED) is 0.931. The molecule has 0 amide bonds. The second-order valence-corrected chi connectivity index (χ2v) is 5.94. The minimum Gasteiger partial charge on any atom is -0.373 e. The van der Waals surface area contributed by atoms with Crippen LogP contribution in [0.4, 0.5) is 5.13 Å². The van der Waals surface area contributed by atoms with Crippen molar-refractivity contribution in [3.63, 3.8) is 0 Å². The summed E-state index contributed by atoms with van der Waals surface area (Å²) in [7, 11) is 0. The van der Waals surface area contributed by atoms with Crippen molar-refractivity contribution in [1.82, 2.24) is 10.2 Å². The fraction of sp³-hybridized carbons (Fsp3) is 0.429. The van der Waals surface area contributed by atoms with Gasteiger partial charge in [0.15, 0.2) is 0 Å². The molecule has 1 saturated heterocycles. The molecule has 0 spiro atoms. The van der Waals surface area contributed by atoms with Crippen LogP contribution in [0.5, 0.6) is 0 Å². The fourth-order valence-corrected chi connectivity index (χ4v) is 3.04. The lowest BCUT2D eigenvalue weighted by atomic mass is 9.95. The zero-order valence-electron chi connectivity index (χ0n) is 10.9. The minimum atomic E-state index is 0.197. The number of nitrogens with zero attached hydrogens (tertiary/aromatic N) is 2. The number of ether oxygens (including phenoxy) is 1. The van der Waals surface area contributed by atoms with Crippen molar-refractivity contribution < 1.29 is 4.74 Å². The van der Waals surface area contributed by atoms with Crippen LogP contribution < -0.4 is 5.32 Å². The van der Waals surface area contributed by atoms with Gasteiger partial charge in [0.2, 0.25) is 5.13 Å². The second-order valence-electron chi connectivity index (χ2n) is 4.76. The van der Waals surface area contributed by atoms with Crippen molar-refractivity contribution in [2.45, 2.75) is 19.4 Å². The van der Waals surface area contributed by atoms with Crippen LogP contribution in [0.2, 0.25) is 0 Å². The Morgan fingerprint density at radius 1 is 1.32 bits per heavy atom. The van der Waals surface area contributed by atoms with Gasteiger partial charge in [0, 0.05) is 19.1 Å². The summed E-state index contributed by atoms with van der Waals surface area (Å²) in [6.07, 6.45) is 1.28. The molecule has 19 heavy (non-hydrogen) atoms. The largest absolute Gasteiger partial charge is 0.373 e. The maximum Gasteiger partial charge on any atom is 0.205 e. The van der Waals surface area contributed by atoms with E-state index in [-0.39, 0.29) is 6.10 Å². The highest BCUT2D eigenvalue weighted by Gasteiger charge is 2.29. The first-order chi connectivity index (χ1) is 9.33. The summed E-state index contributed by atoms with van der Waals surface area (Å²) in [6.45, 7) is 3.68. The molecule has 2 unspecified atom stereocenters. The topological polar surface area (TPSA) is 47.0 Å². The van der Waals surface area contributed by atoms with Gasteiger partial charge in [-0.2, -0.15) is 0 Å². The van der Waals surface area contributed by atoms with Gasteiger partial charge in [0.05, 0.1) is 6.10 Å². The van der Waals surface area contributed by atoms with E-state index in [0.29, 0.717) is 5.92 Å².